The zero-order valence-electron chi connectivity index (χ0n) is 11.0. The van der Waals surface area contributed by atoms with Gasteiger partial charge in [-0.2, -0.15) is 0 Å². The number of benzene rings is 2. The highest BCUT2D eigenvalue weighted by atomic mass is 14.6. The van der Waals surface area contributed by atoms with E-state index < -0.39 is 0 Å². The molecule has 1 aliphatic rings. The fourth-order valence-corrected chi connectivity index (χ4v) is 3.19. The molecule has 1 atom stereocenters. The van der Waals surface area contributed by atoms with E-state index in [0.29, 0.717) is 0 Å². The van der Waals surface area contributed by atoms with Gasteiger partial charge in [-0.25, -0.2) is 0 Å². The molecule has 92 valence electrons. The van der Waals surface area contributed by atoms with E-state index >= 15 is 0 Å². The molecule has 0 aromatic heterocycles. The van der Waals surface area contributed by atoms with Crippen molar-refractivity contribution in [1.29, 1.82) is 0 Å². The van der Waals surface area contributed by atoms with Crippen molar-refractivity contribution in [2.75, 3.05) is 0 Å². The summed E-state index contributed by atoms with van der Waals surface area (Å²) in [5.41, 5.74) is 11.9. The Labute approximate surface area is 109 Å². The van der Waals surface area contributed by atoms with E-state index in [1.807, 2.05) is 0 Å². The summed E-state index contributed by atoms with van der Waals surface area (Å²) >= 11 is 0. The summed E-state index contributed by atoms with van der Waals surface area (Å²) in [5.74, 6) is 0. The summed E-state index contributed by atoms with van der Waals surface area (Å²) in [4.78, 5) is 0. The molecule has 3 rings (SSSR count). The molecular weight excluding hydrogens is 218 g/mol. The van der Waals surface area contributed by atoms with E-state index in [2.05, 4.69) is 62.4 Å². The third kappa shape index (κ3) is 1.58. The summed E-state index contributed by atoms with van der Waals surface area (Å²) in [6.45, 7) is 4.59. The van der Waals surface area contributed by atoms with Crippen LogP contribution < -0.4 is 5.73 Å². The fraction of sp³-hybridized carbons (Fsp3) is 0.294. The van der Waals surface area contributed by atoms with Crippen molar-refractivity contribution in [3.05, 3.63) is 70.8 Å². The van der Waals surface area contributed by atoms with Crippen molar-refractivity contribution in [3.63, 3.8) is 0 Å². The van der Waals surface area contributed by atoms with E-state index in [-0.39, 0.29) is 11.5 Å². The van der Waals surface area contributed by atoms with E-state index in [9.17, 15) is 0 Å². The van der Waals surface area contributed by atoms with E-state index in [0.717, 1.165) is 6.42 Å². The number of nitrogens with two attached hydrogens (primary N) is 1. The van der Waals surface area contributed by atoms with Gasteiger partial charge in [0.05, 0.1) is 0 Å². The van der Waals surface area contributed by atoms with E-state index in [1.54, 1.807) is 0 Å². The summed E-state index contributed by atoms with van der Waals surface area (Å²) < 4.78 is 0. The van der Waals surface area contributed by atoms with Crippen molar-refractivity contribution in [3.8, 4) is 0 Å². The van der Waals surface area contributed by atoms with Gasteiger partial charge in [0.15, 0.2) is 0 Å². The molecule has 0 bridgehead atoms. The molecule has 0 heterocycles. The van der Waals surface area contributed by atoms with Crippen molar-refractivity contribution < 1.29 is 0 Å². The molecule has 0 aliphatic heterocycles. The Morgan fingerprint density at radius 2 is 1.56 bits per heavy atom. The van der Waals surface area contributed by atoms with Crippen molar-refractivity contribution in [1.82, 2.24) is 0 Å². The molecule has 1 heteroatoms. The molecule has 0 spiro atoms. The maximum absolute atomic E-state index is 6.38. The molecule has 0 saturated heterocycles. The topological polar surface area (TPSA) is 26.0 Å². The Hall–Kier alpha value is -1.60. The molecule has 2 aromatic rings. The first kappa shape index (κ1) is 11.5. The first-order valence-corrected chi connectivity index (χ1v) is 6.54. The van der Waals surface area contributed by atoms with Crippen molar-refractivity contribution in [2.24, 2.45) is 5.73 Å². The van der Waals surface area contributed by atoms with Crippen molar-refractivity contribution >= 4 is 0 Å². The van der Waals surface area contributed by atoms with Crippen LogP contribution in [-0.4, -0.2) is 0 Å². The van der Waals surface area contributed by atoms with Crippen LogP contribution in [0.2, 0.25) is 0 Å². The minimum Gasteiger partial charge on any atom is -0.324 e. The zero-order chi connectivity index (χ0) is 12.8. The second-order valence-corrected chi connectivity index (χ2v) is 5.68. The van der Waals surface area contributed by atoms with Crippen LogP contribution in [0.1, 0.15) is 42.1 Å². The van der Waals surface area contributed by atoms with Crippen LogP contribution in [-0.2, 0) is 11.8 Å². The first-order valence-electron chi connectivity index (χ1n) is 6.54. The minimum absolute atomic E-state index is 0.0291. The standard InChI is InChI=1S/C17H19N/c1-17(2)14-9-5-3-7-12(14)11-16(18)13-8-4-6-10-15(13)17/h3-10,16H,11,18H2,1-2H3/t16-/m1/s1. The predicted octanol–water partition coefficient (Wildman–Crippen LogP) is 3.57. The average Bonchev–Trinajstić information content (AvgIpc) is 2.46. The van der Waals surface area contributed by atoms with Gasteiger partial charge < -0.3 is 5.73 Å². The molecule has 2 N–H and O–H groups in total. The molecule has 1 nitrogen and oxygen atoms in total. The minimum atomic E-state index is 0.0291. The normalized spacial score (nSPS) is 20.7. The van der Waals surface area contributed by atoms with Crippen LogP contribution in [0.15, 0.2) is 48.5 Å². The van der Waals surface area contributed by atoms with Crippen LogP contribution in [0.4, 0.5) is 0 Å². The van der Waals surface area contributed by atoms with Gasteiger partial charge in [0, 0.05) is 11.5 Å². The zero-order valence-corrected chi connectivity index (χ0v) is 11.0. The molecular formula is C17H19N. The molecule has 0 unspecified atom stereocenters. The van der Waals surface area contributed by atoms with Crippen LogP contribution in [0.3, 0.4) is 0 Å². The lowest BCUT2D eigenvalue weighted by Crippen LogP contribution is -2.21. The Morgan fingerprint density at radius 3 is 2.33 bits per heavy atom. The van der Waals surface area contributed by atoms with Gasteiger partial charge in [0.25, 0.3) is 0 Å². The largest absolute Gasteiger partial charge is 0.324 e. The summed E-state index contributed by atoms with van der Waals surface area (Å²) in [6.07, 6.45) is 0.927. The molecule has 0 amide bonds. The number of fused-ring (bicyclic) bond motifs is 2. The maximum Gasteiger partial charge on any atom is 0.0338 e. The van der Waals surface area contributed by atoms with Gasteiger partial charge in [0.1, 0.15) is 0 Å². The highest BCUT2D eigenvalue weighted by Gasteiger charge is 2.32. The monoisotopic (exact) mass is 237 g/mol. The third-order valence-corrected chi connectivity index (χ3v) is 4.16. The van der Waals surface area contributed by atoms with Gasteiger partial charge in [0.2, 0.25) is 0 Å². The average molecular weight is 237 g/mol. The molecule has 0 fully saturated rings. The van der Waals surface area contributed by atoms with Gasteiger partial charge in [-0.05, 0) is 28.7 Å². The smallest absolute Gasteiger partial charge is 0.0338 e. The van der Waals surface area contributed by atoms with Crippen LogP contribution in [0.25, 0.3) is 0 Å². The number of rotatable bonds is 0. The van der Waals surface area contributed by atoms with Gasteiger partial charge >= 0.3 is 0 Å². The van der Waals surface area contributed by atoms with Crippen LogP contribution in [0, 0.1) is 0 Å². The van der Waals surface area contributed by atoms with E-state index in [4.69, 9.17) is 5.73 Å². The van der Waals surface area contributed by atoms with Gasteiger partial charge in [-0.3, -0.25) is 0 Å². The molecule has 0 saturated carbocycles. The Kier molecular flexibility index (Phi) is 2.53. The maximum atomic E-state index is 6.38. The predicted molar refractivity (Wildman–Crippen MR) is 75.6 cm³/mol. The summed E-state index contributed by atoms with van der Waals surface area (Å²) in [6, 6.07) is 17.4. The third-order valence-electron chi connectivity index (χ3n) is 4.16. The summed E-state index contributed by atoms with van der Waals surface area (Å²) in [5, 5.41) is 0. The lowest BCUT2D eigenvalue weighted by molar-refractivity contribution is 0.634. The molecule has 2 aromatic carbocycles. The Morgan fingerprint density at radius 1 is 0.944 bits per heavy atom. The van der Waals surface area contributed by atoms with Gasteiger partial charge in [-0.1, -0.05) is 62.4 Å². The fourth-order valence-electron chi connectivity index (χ4n) is 3.19. The number of hydrogen-bond donors (Lipinski definition) is 1. The lowest BCUT2D eigenvalue weighted by Gasteiger charge is -2.28. The Balaban J connectivity index is 2.31. The number of hydrogen-bond acceptors (Lipinski definition) is 1. The van der Waals surface area contributed by atoms with Crippen LogP contribution >= 0.6 is 0 Å². The second-order valence-electron chi connectivity index (χ2n) is 5.68. The molecule has 1 aliphatic carbocycles. The first-order chi connectivity index (χ1) is 8.60. The SMILES string of the molecule is CC1(C)c2ccccc2C[C@@H](N)c2ccccc21. The van der Waals surface area contributed by atoms with Crippen molar-refractivity contribution in [2.45, 2.75) is 31.7 Å². The highest BCUT2D eigenvalue weighted by Crippen LogP contribution is 2.41. The Bertz CT molecular complexity index is 584. The second kappa shape index (κ2) is 3.96. The van der Waals surface area contributed by atoms with Gasteiger partial charge in [-0.15, -0.1) is 0 Å². The summed E-state index contributed by atoms with van der Waals surface area (Å²) in [7, 11) is 0. The lowest BCUT2D eigenvalue weighted by atomic mass is 9.76. The van der Waals surface area contributed by atoms with E-state index in [1.165, 1.54) is 22.3 Å². The quantitative estimate of drug-likeness (QED) is 0.744. The highest BCUT2D eigenvalue weighted by molar-refractivity contribution is 5.49. The van der Waals surface area contributed by atoms with Crippen LogP contribution in [0.5, 0.6) is 0 Å². The molecule has 18 heavy (non-hydrogen) atoms. The molecule has 0 radical (unpaired) electrons.